The van der Waals surface area contributed by atoms with Crippen LogP contribution >= 0.6 is 63.7 Å². The molecule has 0 saturated carbocycles. The fraction of sp³-hybridized carbons (Fsp3) is 0.0769. The van der Waals surface area contributed by atoms with Crippen molar-refractivity contribution in [3.63, 3.8) is 0 Å². The summed E-state index contributed by atoms with van der Waals surface area (Å²) in [5.74, 6) is 1.16. The normalized spacial score (nSPS) is 10.5. The first kappa shape index (κ1) is 16.9. The summed E-state index contributed by atoms with van der Waals surface area (Å²) in [6.07, 6.45) is 0. The van der Waals surface area contributed by atoms with Crippen molar-refractivity contribution in [1.29, 1.82) is 0 Å². The second-order valence-corrected chi connectivity index (χ2v) is 7.17. The van der Waals surface area contributed by atoms with Crippen LogP contribution in [0.2, 0.25) is 0 Å². The predicted molar refractivity (Wildman–Crippen MR) is 95.3 cm³/mol. The molecule has 0 spiro atoms. The first-order valence-electron chi connectivity index (χ1n) is 5.58. The number of nitro benzene ring substituents is 1. The maximum Gasteiger partial charge on any atom is 0.271 e. The lowest BCUT2D eigenvalue weighted by atomic mass is 10.2. The van der Waals surface area contributed by atoms with Crippen LogP contribution in [0.1, 0.15) is 5.56 Å². The van der Waals surface area contributed by atoms with Gasteiger partial charge < -0.3 is 4.74 Å². The van der Waals surface area contributed by atoms with Crippen LogP contribution in [0, 0.1) is 10.1 Å². The molecule has 4 nitrogen and oxygen atoms in total. The van der Waals surface area contributed by atoms with Gasteiger partial charge in [0.15, 0.2) is 5.75 Å². The lowest BCUT2D eigenvalue weighted by Crippen LogP contribution is -1.94. The summed E-state index contributed by atoms with van der Waals surface area (Å²) in [4.78, 5) is 10.4. The van der Waals surface area contributed by atoms with Crippen LogP contribution in [0.25, 0.3) is 0 Å². The Balaban J connectivity index is 2.43. The third-order valence-corrected chi connectivity index (χ3v) is 4.85. The molecular formula is C13H7Br4NO3. The third-order valence-electron chi connectivity index (χ3n) is 2.57. The molecule has 2 aromatic carbocycles. The lowest BCUT2D eigenvalue weighted by Gasteiger charge is -2.13. The number of nitro groups is 1. The van der Waals surface area contributed by atoms with Crippen LogP contribution in [0.15, 0.2) is 43.7 Å². The molecule has 0 saturated heterocycles. The molecule has 2 rings (SSSR count). The fourth-order valence-electron chi connectivity index (χ4n) is 1.61. The Labute approximate surface area is 154 Å². The topological polar surface area (TPSA) is 52.4 Å². The van der Waals surface area contributed by atoms with E-state index in [1.54, 1.807) is 0 Å². The average molecular weight is 545 g/mol. The van der Waals surface area contributed by atoms with Gasteiger partial charge in [0.2, 0.25) is 0 Å². The van der Waals surface area contributed by atoms with E-state index in [0.29, 0.717) is 25.8 Å². The molecule has 2 aromatic rings. The average Bonchev–Trinajstić information content (AvgIpc) is 2.43. The fourth-order valence-corrected chi connectivity index (χ4v) is 3.78. The van der Waals surface area contributed by atoms with Crippen LogP contribution in [0.3, 0.4) is 0 Å². The highest BCUT2D eigenvalue weighted by Gasteiger charge is 2.16. The van der Waals surface area contributed by atoms with Gasteiger partial charge in [-0.1, -0.05) is 31.9 Å². The minimum absolute atomic E-state index is 0.0161. The smallest absolute Gasteiger partial charge is 0.271 e. The Morgan fingerprint density at radius 2 is 1.71 bits per heavy atom. The summed E-state index contributed by atoms with van der Waals surface area (Å²) >= 11 is 13.4. The maximum absolute atomic E-state index is 10.8. The molecule has 0 heterocycles. The Morgan fingerprint density at radius 1 is 1.10 bits per heavy atom. The van der Waals surface area contributed by atoms with Crippen LogP contribution in [0.4, 0.5) is 5.69 Å². The molecule has 0 aliphatic heterocycles. The van der Waals surface area contributed by atoms with Crippen LogP contribution < -0.4 is 4.74 Å². The predicted octanol–water partition coefficient (Wildman–Crippen LogP) is 6.57. The van der Waals surface area contributed by atoms with E-state index >= 15 is 0 Å². The number of hydrogen-bond donors (Lipinski definition) is 0. The van der Waals surface area contributed by atoms with Gasteiger partial charge in [-0.3, -0.25) is 10.1 Å². The molecule has 0 radical (unpaired) electrons. The molecule has 0 fully saturated rings. The Hall–Kier alpha value is -0.440. The number of nitrogens with zero attached hydrogens (tertiary/aromatic N) is 1. The van der Waals surface area contributed by atoms with Gasteiger partial charge in [0.05, 0.1) is 13.9 Å². The molecule has 0 amide bonds. The van der Waals surface area contributed by atoms with E-state index in [1.807, 2.05) is 18.2 Å². The summed E-state index contributed by atoms with van der Waals surface area (Å²) in [5.41, 5.74) is 0.944. The van der Waals surface area contributed by atoms with E-state index in [2.05, 4.69) is 63.7 Å². The molecule has 110 valence electrons. The maximum atomic E-state index is 10.8. The summed E-state index contributed by atoms with van der Waals surface area (Å²) in [5, 5.41) is 11.5. The number of non-ortho nitro benzene ring substituents is 1. The minimum atomic E-state index is -0.456. The molecule has 21 heavy (non-hydrogen) atoms. The van der Waals surface area contributed by atoms with Crippen LogP contribution in [-0.2, 0) is 5.33 Å². The minimum Gasteiger partial charge on any atom is -0.455 e. The van der Waals surface area contributed by atoms with Gasteiger partial charge in [-0.05, 0) is 50.1 Å². The van der Waals surface area contributed by atoms with Gasteiger partial charge in [0.25, 0.3) is 5.69 Å². The zero-order valence-electron chi connectivity index (χ0n) is 10.3. The van der Waals surface area contributed by atoms with E-state index in [-0.39, 0.29) is 5.69 Å². The van der Waals surface area contributed by atoms with E-state index in [9.17, 15) is 10.1 Å². The summed E-state index contributed by atoms with van der Waals surface area (Å²) in [6, 6.07) is 8.46. The van der Waals surface area contributed by atoms with Crippen molar-refractivity contribution < 1.29 is 9.66 Å². The Bertz CT molecular complexity index is 683. The van der Waals surface area contributed by atoms with E-state index < -0.39 is 4.92 Å². The molecular weight excluding hydrogens is 538 g/mol. The number of halogens is 4. The number of alkyl halides is 1. The van der Waals surface area contributed by atoms with Crippen molar-refractivity contribution in [1.82, 2.24) is 0 Å². The van der Waals surface area contributed by atoms with E-state index in [0.717, 1.165) is 10.0 Å². The van der Waals surface area contributed by atoms with Gasteiger partial charge in [-0.2, -0.15) is 0 Å². The van der Waals surface area contributed by atoms with Gasteiger partial charge >= 0.3 is 0 Å². The highest BCUT2D eigenvalue weighted by molar-refractivity contribution is 9.11. The van der Waals surface area contributed by atoms with E-state index in [4.69, 9.17) is 4.74 Å². The molecule has 0 unspecified atom stereocenters. The first-order chi connectivity index (χ1) is 9.92. The van der Waals surface area contributed by atoms with Crippen molar-refractivity contribution >= 4 is 69.4 Å². The SMILES string of the molecule is O=[N+]([O-])c1cc(Br)c(Oc2ccc(Br)cc2CBr)c(Br)c1. The molecule has 0 bridgehead atoms. The number of ether oxygens (including phenoxy) is 1. The molecule has 8 heteroatoms. The monoisotopic (exact) mass is 541 g/mol. The quantitative estimate of drug-likeness (QED) is 0.249. The van der Waals surface area contributed by atoms with Gasteiger partial charge in [-0.25, -0.2) is 0 Å². The highest BCUT2D eigenvalue weighted by Crippen LogP contribution is 2.41. The highest BCUT2D eigenvalue weighted by atomic mass is 79.9. The second kappa shape index (κ2) is 7.21. The van der Waals surface area contributed by atoms with Crippen molar-refractivity contribution in [2.24, 2.45) is 0 Å². The lowest BCUT2D eigenvalue weighted by molar-refractivity contribution is -0.385. The third kappa shape index (κ3) is 4.06. The first-order valence-corrected chi connectivity index (χ1v) is 9.08. The summed E-state index contributed by atoms with van der Waals surface area (Å²) < 4.78 is 7.85. The standard InChI is InChI=1S/C13H7Br4NO3/c14-6-7-3-8(15)1-2-12(7)21-13-10(16)4-9(18(19)20)5-11(13)17/h1-5H,6H2. The molecule has 0 aliphatic carbocycles. The van der Waals surface area contributed by atoms with Crippen molar-refractivity contribution in [3.05, 3.63) is 59.4 Å². The van der Waals surface area contributed by atoms with Gasteiger partial charge in [-0.15, -0.1) is 0 Å². The summed E-state index contributed by atoms with van der Waals surface area (Å²) in [6.45, 7) is 0. The summed E-state index contributed by atoms with van der Waals surface area (Å²) in [7, 11) is 0. The Kier molecular flexibility index (Phi) is 5.81. The van der Waals surface area contributed by atoms with Crippen molar-refractivity contribution in [2.75, 3.05) is 0 Å². The number of rotatable bonds is 4. The Morgan fingerprint density at radius 3 is 2.24 bits per heavy atom. The molecule has 0 aromatic heterocycles. The van der Waals surface area contributed by atoms with Crippen molar-refractivity contribution in [3.8, 4) is 11.5 Å². The van der Waals surface area contributed by atoms with Gasteiger partial charge in [0, 0.05) is 27.5 Å². The van der Waals surface area contributed by atoms with E-state index in [1.165, 1.54) is 12.1 Å². The zero-order valence-corrected chi connectivity index (χ0v) is 16.6. The number of benzene rings is 2. The zero-order chi connectivity index (χ0) is 15.6. The van der Waals surface area contributed by atoms with Crippen LogP contribution in [0.5, 0.6) is 11.5 Å². The molecule has 0 aliphatic rings. The van der Waals surface area contributed by atoms with Crippen LogP contribution in [-0.4, -0.2) is 4.92 Å². The van der Waals surface area contributed by atoms with Gasteiger partial charge in [0.1, 0.15) is 5.75 Å². The largest absolute Gasteiger partial charge is 0.455 e. The second-order valence-electron chi connectivity index (χ2n) is 3.98. The number of hydrogen-bond acceptors (Lipinski definition) is 3. The molecule has 0 N–H and O–H groups in total. The van der Waals surface area contributed by atoms with Crippen molar-refractivity contribution in [2.45, 2.75) is 5.33 Å². The molecule has 0 atom stereocenters.